The summed E-state index contributed by atoms with van der Waals surface area (Å²) >= 11 is 0. The van der Waals surface area contributed by atoms with Gasteiger partial charge in [-0.25, -0.2) is 0 Å². The number of imide groups is 1. The fourth-order valence-electron chi connectivity index (χ4n) is 3.20. The quantitative estimate of drug-likeness (QED) is 0.861. The van der Waals surface area contributed by atoms with Crippen molar-refractivity contribution in [2.24, 2.45) is 5.73 Å². The minimum atomic E-state index is -0.214. The molecule has 0 saturated heterocycles. The Morgan fingerprint density at radius 3 is 2.21 bits per heavy atom. The first-order chi connectivity index (χ1) is 11.5. The highest BCUT2D eigenvalue weighted by Crippen LogP contribution is 2.23. The number of carbonyl (C=O) groups is 2. The average Bonchev–Trinajstić information content (AvgIpc) is 2.80. The third-order valence-corrected chi connectivity index (χ3v) is 4.58. The Labute approximate surface area is 142 Å². The second kappa shape index (κ2) is 6.57. The Bertz CT molecular complexity index is 763. The first-order valence-corrected chi connectivity index (χ1v) is 8.24. The summed E-state index contributed by atoms with van der Waals surface area (Å²) in [4.78, 5) is 26.0. The number of aryl methyl sites for hydroxylation is 2. The van der Waals surface area contributed by atoms with Crippen molar-refractivity contribution in [3.63, 3.8) is 0 Å². The normalized spacial score (nSPS) is 14.9. The van der Waals surface area contributed by atoms with E-state index >= 15 is 0 Å². The molecule has 0 aromatic heterocycles. The van der Waals surface area contributed by atoms with Crippen molar-refractivity contribution in [2.75, 3.05) is 6.54 Å². The number of fused-ring (bicyclic) bond motifs is 1. The lowest BCUT2D eigenvalue weighted by Crippen LogP contribution is -2.35. The highest BCUT2D eigenvalue weighted by Gasteiger charge is 2.34. The molecule has 1 heterocycles. The van der Waals surface area contributed by atoms with E-state index in [9.17, 15) is 9.59 Å². The number of carbonyl (C=O) groups excluding carboxylic acids is 2. The average molecular weight is 322 g/mol. The number of rotatable bonds is 5. The Balaban J connectivity index is 1.62. The van der Waals surface area contributed by atoms with Gasteiger partial charge in [-0.15, -0.1) is 0 Å². The molecule has 1 aliphatic heterocycles. The molecule has 0 radical (unpaired) electrons. The number of nitrogens with zero attached hydrogens (tertiary/aromatic N) is 1. The van der Waals surface area contributed by atoms with Crippen LogP contribution in [-0.4, -0.2) is 29.3 Å². The monoisotopic (exact) mass is 322 g/mol. The second-order valence-electron chi connectivity index (χ2n) is 6.49. The van der Waals surface area contributed by atoms with Crippen LogP contribution in [0.1, 0.15) is 43.8 Å². The van der Waals surface area contributed by atoms with Crippen LogP contribution in [0.2, 0.25) is 0 Å². The molecule has 3 rings (SSSR count). The summed E-state index contributed by atoms with van der Waals surface area (Å²) in [5, 5.41) is 0. The molecule has 0 fully saturated rings. The van der Waals surface area contributed by atoms with Gasteiger partial charge in [0.2, 0.25) is 0 Å². The molecule has 2 aromatic rings. The van der Waals surface area contributed by atoms with Crippen LogP contribution in [-0.2, 0) is 6.42 Å². The van der Waals surface area contributed by atoms with Crippen molar-refractivity contribution >= 4 is 11.8 Å². The van der Waals surface area contributed by atoms with E-state index in [-0.39, 0.29) is 17.9 Å². The fraction of sp³-hybridized carbons (Fsp3) is 0.300. The standard InChI is InChI=1S/C20H22N2O2/c1-13-7-8-15(14(2)11-13)12-16(21)9-10-22-19(23)17-5-3-4-6-18(17)20(22)24/h3-8,11,16H,9-10,12,21H2,1-2H3/t16-/m0/s1. The molecule has 2 N–H and O–H groups in total. The van der Waals surface area contributed by atoms with Gasteiger partial charge in [-0.05, 0) is 49.9 Å². The van der Waals surface area contributed by atoms with Crippen molar-refractivity contribution in [2.45, 2.75) is 32.7 Å². The van der Waals surface area contributed by atoms with Gasteiger partial charge in [-0.1, -0.05) is 35.9 Å². The molecular weight excluding hydrogens is 300 g/mol. The molecule has 0 aliphatic carbocycles. The summed E-state index contributed by atoms with van der Waals surface area (Å²) < 4.78 is 0. The topological polar surface area (TPSA) is 63.4 Å². The second-order valence-corrected chi connectivity index (χ2v) is 6.49. The van der Waals surface area contributed by atoms with Crippen LogP contribution < -0.4 is 5.73 Å². The van der Waals surface area contributed by atoms with Crippen LogP contribution in [0, 0.1) is 13.8 Å². The number of amides is 2. The number of benzene rings is 2. The summed E-state index contributed by atoms with van der Waals surface area (Å²) in [6.45, 7) is 4.51. The summed E-state index contributed by atoms with van der Waals surface area (Å²) in [5.74, 6) is -0.427. The molecule has 0 spiro atoms. The molecule has 0 saturated carbocycles. The van der Waals surface area contributed by atoms with Crippen LogP contribution in [0.25, 0.3) is 0 Å². The summed E-state index contributed by atoms with van der Waals surface area (Å²) in [5.41, 5.74) is 10.9. The fourth-order valence-corrected chi connectivity index (χ4v) is 3.20. The van der Waals surface area contributed by atoms with Crippen LogP contribution >= 0.6 is 0 Å². The van der Waals surface area contributed by atoms with Gasteiger partial charge in [0.15, 0.2) is 0 Å². The molecule has 124 valence electrons. The smallest absolute Gasteiger partial charge is 0.261 e. The van der Waals surface area contributed by atoms with E-state index in [0.29, 0.717) is 24.1 Å². The van der Waals surface area contributed by atoms with Gasteiger partial charge in [0.1, 0.15) is 0 Å². The Hall–Kier alpha value is -2.46. The molecule has 2 amide bonds. The van der Waals surface area contributed by atoms with Gasteiger partial charge in [-0.2, -0.15) is 0 Å². The Kier molecular flexibility index (Phi) is 4.49. The van der Waals surface area contributed by atoms with Gasteiger partial charge in [0.05, 0.1) is 11.1 Å². The van der Waals surface area contributed by atoms with Crippen molar-refractivity contribution in [3.05, 3.63) is 70.3 Å². The van der Waals surface area contributed by atoms with E-state index in [1.807, 2.05) is 0 Å². The zero-order chi connectivity index (χ0) is 17.3. The zero-order valence-corrected chi connectivity index (χ0v) is 14.1. The van der Waals surface area contributed by atoms with Gasteiger partial charge in [-0.3, -0.25) is 14.5 Å². The third kappa shape index (κ3) is 3.10. The van der Waals surface area contributed by atoms with Gasteiger partial charge >= 0.3 is 0 Å². The van der Waals surface area contributed by atoms with Crippen molar-refractivity contribution in [3.8, 4) is 0 Å². The molecule has 0 unspecified atom stereocenters. The molecule has 24 heavy (non-hydrogen) atoms. The Morgan fingerprint density at radius 2 is 1.62 bits per heavy atom. The minimum Gasteiger partial charge on any atom is -0.327 e. The summed E-state index contributed by atoms with van der Waals surface area (Å²) in [6, 6.07) is 13.2. The molecule has 2 aromatic carbocycles. The highest BCUT2D eigenvalue weighted by molar-refractivity contribution is 6.21. The maximum atomic E-state index is 12.3. The molecule has 1 aliphatic rings. The third-order valence-electron chi connectivity index (χ3n) is 4.58. The summed E-state index contributed by atoms with van der Waals surface area (Å²) in [7, 11) is 0. The minimum absolute atomic E-state index is 0.0873. The lowest BCUT2D eigenvalue weighted by atomic mass is 9.98. The Morgan fingerprint density at radius 1 is 1.00 bits per heavy atom. The molecule has 1 atom stereocenters. The van der Waals surface area contributed by atoms with Crippen molar-refractivity contribution in [1.29, 1.82) is 0 Å². The maximum Gasteiger partial charge on any atom is 0.261 e. The van der Waals surface area contributed by atoms with E-state index < -0.39 is 0 Å². The van der Waals surface area contributed by atoms with Crippen LogP contribution in [0.3, 0.4) is 0 Å². The largest absolute Gasteiger partial charge is 0.327 e. The van der Waals surface area contributed by atoms with Gasteiger partial charge < -0.3 is 5.73 Å². The molecule has 4 nitrogen and oxygen atoms in total. The predicted molar refractivity (Wildman–Crippen MR) is 94.0 cm³/mol. The van der Waals surface area contributed by atoms with Gasteiger partial charge in [0, 0.05) is 12.6 Å². The lowest BCUT2D eigenvalue weighted by molar-refractivity contribution is 0.0650. The van der Waals surface area contributed by atoms with Crippen LogP contribution in [0.5, 0.6) is 0 Å². The van der Waals surface area contributed by atoms with Gasteiger partial charge in [0.25, 0.3) is 11.8 Å². The van der Waals surface area contributed by atoms with E-state index in [2.05, 4.69) is 32.0 Å². The lowest BCUT2D eigenvalue weighted by Gasteiger charge is -2.18. The first kappa shape index (κ1) is 16.4. The molecular formula is C20H22N2O2. The summed E-state index contributed by atoms with van der Waals surface area (Å²) in [6.07, 6.45) is 1.34. The van der Waals surface area contributed by atoms with Crippen molar-refractivity contribution in [1.82, 2.24) is 4.90 Å². The predicted octanol–water partition coefficient (Wildman–Crippen LogP) is 2.86. The van der Waals surface area contributed by atoms with Crippen LogP contribution in [0.15, 0.2) is 42.5 Å². The van der Waals surface area contributed by atoms with E-state index in [1.165, 1.54) is 21.6 Å². The van der Waals surface area contributed by atoms with E-state index in [1.54, 1.807) is 24.3 Å². The van der Waals surface area contributed by atoms with E-state index in [4.69, 9.17) is 5.73 Å². The SMILES string of the molecule is Cc1ccc(C[C@@H](N)CCN2C(=O)c3ccccc3C2=O)c(C)c1. The van der Waals surface area contributed by atoms with E-state index in [0.717, 1.165) is 6.42 Å². The number of hydrogen-bond acceptors (Lipinski definition) is 3. The number of nitrogens with two attached hydrogens (primary N) is 1. The van der Waals surface area contributed by atoms with Crippen molar-refractivity contribution < 1.29 is 9.59 Å². The maximum absolute atomic E-state index is 12.3. The first-order valence-electron chi connectivity index (χ1n) is 8.24. The number of hydrogen-bond donors (Lipinski definition) is 1. The zero-order valence-electron chi connectivity index (χ0n) is 14.1. The van der Waals surface area contributed by atoms with Crippen LogP contribution in [0.4, 0.5) is 0 Å². The molecule has 0 bridgehead atoms. The highest BCUT2D eigenvalue weighted by atomic mass is 16.2. The molecule has 4 heteroatoms.